The molecule has 0 spiro atoms. The Morgan fingerprint density at radius 1 is 1.14 bits per heavy atom. The van der Waals surface area contributed by atoms with Gasteiger partial charge in [-0.1, -0.05) is 18.2 Å². The zero-order chi connectivity index (χ0) is 25.1. The number of hydrogen-bond acceptors (Lipinski definition) is 6. The summed E-state index contributed by atoms with van der Waals surface area (Å²) in [7, 11) is 0. The van der Waals surface area contributed by atoms with Crippen molar-refractivity contribution in [3.63, 3.8) is 0 Å². The Morgan fingerprint density at radius 2 is 1.89 bits per heavy atom. The first-order valence-corrected chi connectivity index (χ1v) is 10.7. The molecule has 0 bridgehead atoms. The van der Waals surface area contributed by atoms with Crippen LogP contribution < -0.4 is 10.5 Å². The highest BCUT2D eigenvalue weighted by atomic mass is 16.6. The van der Waals surface area contributed by atoms with E-state index in [2.05, 4.69) is 15.0 Å². The van der Waals surface area contributed by atoms with Gasteiger partial charge >= 0.3 is 5.97 Å². The molecular weight excluding hydrogens is 454 g/mol. The van der Waals surface area contributed by atoms with E-state index in [1.807, 2.05) is 0 Å². The van der Waals surface area contributed by atoms with Gasteiger partial charge in [-0.3, -0.25) is 29.4 Å². The molecule has 0 atom stereocenters. The zero-order valence-corrected chi connectivity index (χ0v) is 18.6. The molecule has 2 aromatic heterocycles. The number of non-ortho nitro benzene ring substituents is 1. The second-order valence-electron chi connectivity index (χ2n) is 7.95. The van der Waals surface area contributed by atoms with Gasteiger partial charge in [-0.15, -0.1) is 0 Å². The van der Waals surface area contributed by atoms with Crippen molar-refractivity contribution >= 4 is 34.3 Å². The minimum Gasteiger partial charge on any atom is -0.480 e. The minimum atomic E-state index is -1.25. The third-order valence-electron chi connectivity index (χ3n) is 5.52. The Hall–Kier alpha value is -4.80. The lowest BCUT2D eigenvalue weighted by Crippen LogP contribution is -2.35. The van der Waals surface area contributed by atoms with E-state index in [4.69, 9.17) is 0 Å². The number of carbonyl (C=O) groups is 2. The van der Waals surface area contributed by atoms with E-state index in [1.165, 1.54) is 18.2 Å². The molecule has 1 amide bonds. The van der Waals surface area contributed by atoms with Crippen molar-refractivity contribution in [2.45, 2.75) is 19.8 Å². The number of rotatable bonds is 8. The SMILES string of the molecule is Cc1nc2[nH]cc(CCc3ccc(C(=O)N(CC(=O)O)c4cccc([N+](=O)[O-])c4)cc3)c2c(=O)[nH]1. The van der Waals surface area contributed by atoms with Crippen LogP contribution in [0.1, 0.15) is 27.3 Å². The predicted octanol–water partition coefficient (Wildman–Crippen LogP) is 2.98. The number of aromatic amines is 2. The summed E-state index contributed by atoms with van der Waals surface area (Å²) in [6.07, 6.45) is 2.92. The molecule has 11 nitrogen and oxygen atoms in total. The van der Waals surface area contributed by atoms with Gasteiger partial charge in [-0.05, 0) is 49.1 Å². The van der Waals surface area contributed by atoms with Gasteiger partial charge in [0.05, 0.1) is 16.0 Å². The summed E-state index contributed by atoms with van der Waals surface area (Å²) in [5, 5.41) is 20.9. The van der Waals surface area contributed by atoms with E-state index in [-0.39, 0.29) is 22.5 Å². The fourth-order valence-corrected chi connectivity index (χ4v) is 3.85. The Morgan fingerprint density at radius 3 is 2.57 bits per heavy atom. The second kappa shape index (κ2) is 9.59. The average Bonchev–Trinajstić information content (AvgIpc) is 3.24. The number of nitro benzene ring substituents is 1. The maximum absolute atomic E-state index is 13.1. The molecule has 4 rings (SSSR count). The largest absolute Gasteiger partial charge is 0.480 e. The number of carboxylic acid groups (broad SMARTS) is 1. The van der Waals surface area contributed by atoms with E-state index >= 15 is 0 Å². The molecule has 0 aliphatic rings. The van der Waals surface area contributed by atoms with Crippen LogP contribution in [0.25, 0.3) is 11.0 Å². The summed E-state index contributed by atoms with van der Waals surface area (Å²) in [6, 6.07) is 11.9. The minimum absolute atomic E-state index is 0.115. The number of H-pyrrole nitrogens is 2. The molecule has 0 aliphatic heterocycles. The van der Waals surface area contributed by atoms with E-state index in [0.29, 0.717) is 29.7 Å². The first-order valence-electron chi connectivity index (χ1n) is 10.7. The number of aryl methyl sites for hydroxylation is 3. The smallest absolute Gasteiger partial charge is 0.323 e. The molecule has 0 radical (unpaired) electrons. The molecule has 35 heavy (non-hydrogen) atoms. The quantitative estimate of drug-likeness (QED) is 0.260. The van der Waals surface area contributed by atoms with Crippen LogP contribution in [0, 0.1) is 17.0 Å². The van der Waals surface area contributed by atoms with E-state index in [9.17, 15) is 29.6 Å². The van der Waals surface area contributed by atoms with Crippen molar-refractivity contribution < 1.29 is 19.6 Å². The lowest BCUT2D eigenvalue weighted by molar-refractivity contribution is -0.384. The van der Waals surface area contributed by atoms with Crippen LogP contribution in [-0.4, -0.2) is 43.4 Å². The number of nitrogens with zero attached hydrogens (tertiary/aromatic N) is 3. The number of aliphatic carboxylic acids is 1. The number of carboxylic acids is 1. The molecule has 2 aromatic carbocycles. The first-order chi connectivity index (χ1) is 16.7. The molecule has 4 aromatic rings. The number of nitro groups is 1. The number of benzene rings is 2. The second-order valence-corrected chi connectivity index (χ2v) is 7.95. The van der Waals surface area contributed by atoms with E-state index in [1.54, 1.807) is 37.4 Å². The Bertz CT molecular complexity index is 1490. The highest BCUT2D eigenvalue weighted by Crippen LogP contribution is 2.23. The lowest BCUT2D eigenvalue weighted by Gasteiger charge is -2.21. The fraction of sp³-hybridized carbons (Fsp3) is 0.167. The number of hydrogen-bond donors (Lipinski definition) is 3. The summed E-state index contributed by atoms with van der Waals surface area (Å²) >= 11 is 0. The predicted molar refractivity (Wildman–Crippen MR) is 128 cm³/mol. The number of anilines is 1. The fourth-order valence-electron chi connectivity index (χ4n) is 3.85. The van der Waals surface area contributed by atoms with Crippen molar-refractivity contribution in [2.75, 3.05) is 11.4 Å². The molecule has 2 heterocycles. The summed E-state index contributed by atoms with van der Waals surface area (Å²) in [5.74, 6) is -1.32. The number of fused-ring (bicyclic) bond motifs is 1. The number of aromatic nitrogens is 3. The Balaban J connectivity index is 1.52. The molecular formula is C24H21N5O6. The maximum Gasteiger partial charge on any atom is 0.323 e. The molecule has 0 fully saturated rings. The first kappa shape index (κ1) is 23.4. The average molecular weight is 475 g/mol. The van der Waals surface area contributed by atoms with Crippen LogP contribution in [-0.2, 0) is 17.6 Å². The molecule has 178 valence electrons. The van der Waals surface area contributed by atoms with Crippen LogP contribution in [0.3, 0.4) is 0 Å². The topological polar surface area (TPSA) is 162 Å². The van der Waals surface area contributed by atoms with Crippen LogP contribution in [0.5, 0.6) is 0 Å². The van der Waals surface area contributed by atoms with E-state index < -0.39 is 23.3 Å². The summed E-state index contributed by atoms with van der Waals surface area (Å²) < 4.78 is 0. The Kier molecular flexibility index (Phi) is 6.40. The van der Waals surface area contributed by atoms with Crippen molar-refractivity contribution in [1.82, 2.24) is 15.0 Å². The highest BCUT2D eigenvalue weighted by molar-refractivity contribution is 6.08. The summed E-state index contributed by atoms with van der Waals surface area (Å²) in [5.41, 5.74) is 2.17. The molecule has 0 saturated heterocycles. The third-order valence-corrected chi connectivity index (χ3v) is 5.52. The van der Waals surface area contributed by atoms with Gasteiger partial charge in [-0.2, -0.15) is 0 Å². The molecule has 0 unspecified atom stereocenters. The van der Waals surface area contributed by atoms with Gasteiger partial charge in [0.15, 0.2) is 0 Å². The van der Waals surface area contributed by atoms with Gasteiger partial charge in [-0.25, -0.2) is 4.98 Å². The standard InChI is InChI=1S/C24H21N5O6/c1-14-26-22-21(23(32)27-14)17(12-25-22)10-7-15-5-8-16(9-6-15)24(33)28(13-20(30)31)18-3-2-4-19(11-18)29(34)35/h2-6,8-9,11-12H,7,10,13H2,1H3,(H,30,31)(H2,25,26,27,32). The number of amides is 1. The summed E-state index contributed by atoms with van der Waals surface area (Å²) in [6.45, 7) is 1.06. The Labute approximate surface area is 198 Å². The van der Waals surface area contributed by atoms with Gasteiger partial charge in [0, 0.05) is 23.9 Å². The zero-order valence-electron chi connectivity index (χ0n) is 18.6. The normalized spacial score (nSPS) is 10.9. The van der Waals surface area contributed by atoms with Gasteiger partial charge in [0.25, 0.3) is 17.2 Å². The van der Waals surface area contributed by atoms with Crippen LogP contribution >= 0.6 is 0 Å². The number of nitrogens with one attached hydrogen (secondary N) is 2. The van der Waals surface area contributed by atoms with Gasteiger partial charge in [0.2, 0.25) is 0 Å². The molecule has 0 aliphatic carbocycles. The van der Waals surface area contributed by atoms with Gasteiger partial charge in [0.1, 0.15) is 18.0 Å². The van der Waals surface area contributed by atoms with Crippen LogP contribution in [0.15, 0.2) is 59.5 Å². The van der Waals surface area contributed by atoms with Crippen molar-refractivity contribution in [3.05, 3.63) is 97.7 Å². The maximum atomic E-state index is 13.1. The third kappa shape index (κ3) is 5.08. The number of carbonyl (C=O) groups excluding carboxylic acids is 1. The van der Waals surface area contributed by atoms with Crippen molar-refractivity contribution in [1.29, 1.82) is 0 Å². The lowest BCUT2D eigenvalue weighted by atomic mass is 10.0. The van der Waals surface area contributed by atoms with E-state index in [0.717, 1.165) is 22.1 Å². The summed E-state index contributed by atoms with van der Waals surface area (Å²) in [4.78, 5) is 58.2. The molecule has 11 heteroatoms. The van der Waals surface area contributed by atoms with Gasteiger partial charge < -0.3 is 15.1 Å². The van der Waals surface area contributed by atoms with Crippen LogP contribution in [0.4, 0.5) is 11.4 Å². The van der Waals surface area contributed by atoms with Crippen molar-refractivity contribution in [3.8, 4) is 0 Å². The highest BCUT2D eigenvalue weighted by Gasteiger charge is 2.22. The van der Waals surface area contributed by atoms with Crippen LogP contribution in [0.2, 0.25) is 0 Å². The van der Waals surface area contributed by atoms with Crippen molar-refractivity contribution in [2.24, 2.45) is 0 Å². The molecule has 0 saturated carbocycles. The molecule has 3 N–H and O–H groups in total. The monoisotopic (exact) mass is 475 g/mol.